The largest absolute Gasteiger partial charge is 0.497 e. The number of nitrogens with zero attached hydrogens (tertiary/aromatic N) is 1. The Kier molecular flexibility index (Phi) is 6.70. The van der Waals surface area contributed by atoms with Crippen LogP contribution in [0.5, 0.6) is 5.75 Å². The van der Waals surface area contributed by atoms with E-state index >= 15 is 0 Å². The van der Waals surface area contributed by atoms with Gasteiger partial charge in [-0.15, -0.1) is 0 Å². The molecule has 0 aliphatic carbocycles. The molecule has 0 bridgehead atoms. The summed E-state index contributed by atoms with van der Waals surface area (Å²) in [6.07, 6.45) is 3.89. The fourth-order valence-corrected chi connectivity index (χ4v) is 4.67. The Morgan fingerprint density at radius 1 is 0.929 bits per heavy atom. The van der Waals surface area contributed by atoms with Crippen molar-refractivity contribution in [3.63, 3.8) is 0 Å². The Hall–Kier alpha value is -2.38. The van der Waals surface area contributed by atoms with E-state index in [1.807, 2.05) is 12.1 Å². The molecule has 0 radical (unpaired) electrons. The van der Waals surface area contributed by atoms with Crippen LogP contribution in [0.2, 0.25) is 0 Å². The van der Waals surface area contributed by atoms with Crippen molar-refractivity contribution in [3.8, 4) is 5.75 Å². The minimum Gasteiger partial charge on any atom is -0.497 e. The molecule has 1 saturated heterocycles. The number of hydrogen-bond acceptors (Lipinski definition) is 5. The van der Waals surface area contributed by atoms with Crippen LogP contribution in [0.4, 0.5) is 0 Å². The maximum Gasteiger partial charge on any atom is 0.338 e. The molecule has 0 N–H and O–H groups in total. The monoisotopic (exact) mass is 403 g/mol. The summed E-state index contributed by atoms with van der Waals surface area (Å²) < 4.78 is 37.5. The van der Waals surface area contributed by atoms with Gasteiger partial charge in [0.05, 0.1) is 17.6 Å². The molecule has 1 aliphatic heterocycles. The first-order valence-electron chi connectivity index (χ1n) is 9.41. The second kappa shape index (κ2) is 9.21. The molecule has 6 nitrogen and oxygen atoms in total. The third-order valence-corrected chi connectivity index (χ3v) is 6.73. The lowest BCUT2D eigenvalue weighted by atomic mass is 10.2. The Labute approximate surface area is 166 Å². The second-order valence-electron chi connectivity index (χ2n) is 6.77. The van der Waals surface area contributed by atoms with Crippen molar-refractivity contribution in [1.29, 1.82) is 0 Å². The highest BCUT2D eigenvalue weighted by Gasteiger charge is 2.25. The first-order valence-corrected chi connectivity index (χ1v) is 10.8. The molecule has 0 amide bonds. The number of hydrogen-bond donors (Lipinski definition) is 0. The minimum atomic E-state index is -3.52. The Balaban J connectivity index is 1.63. The number of benzene rings is 2. The van der Waals surface area contributed by atoms with E-state index in [2.05, 4.69) is 0 Å². The van der Waals surface area contributed by atoms with E-state index in [1.165, 1.54) is 28.6 Å². The van der Waals surface area contributed by atoms with Crippen molar-refractivity contribution in [1.82, 2.24) is 4.31 Å². The highest BCUT2D eigenvalue weighted by Crippen LogP contribution is 2.21. The summed E-state index contributed by atoms with van der Waals surface area (Å²) in [6, 6.07) is 13.2. The van der Waals surface area contributed by atoms with Crippen molar-refractivity contribution in [2.24, 2.45) is 0 Å². The topological polar surface area (TPSA) is 72.9 Å². The smallest absolute Gasteiger partial charge is 0.338 e. The van der Waals surface area contributed by atoms with E-state index in [4.69, 9.17) is 9.47 Å². The third kappa shape index (κ3) is 4.91. The summed E-state index contributed by atoms with van der Waals surface area (Å²) >= 11 is 0. The first kappa shape index (κ1) is 20.4. The molecular weight excluding hydrogens is 378 g/mol. The zero-order valence-electron chi connectivity index (χ0n) is 16.0. The standard InChI is InChI=1S/C21H25NO5S/c1-26-19-10-6-17(7-11-19)16-27-21(23)18-8-12-20(13-9-18)28(24,25)22-14-4-2-3-5-15-22/h6-13H,2-5,14-16H2,1H3. The SMILES string of the molecule is COc1ccc(COC(=O)c2ccc(S(=O)(=O)N3CCCCCC3)cc2)cc1. The van der Waals surface area contributed by atoms with E-state index < -0.39 is 16.0 Å². The van der Waals surface area contributed by atoms with Gasteiger partial charge in [-0.25, -0.2) is 13.2 Å². The van der Waals surface area contributed by atoms with E-state index in [9.17, 15) is 13.2 Å². The maximum absolute atomic E-state index is 12.8. The predicted molar refractivity (Wildman–Crippen MR) is 106 cm³/mol. The quantitative estimate of drug-likeness (QED) is 0.689. The van der Waals surface area contributed by atoms with Gasteiger partial charge in [0.25, 0.3) is 0 Å². The normalized spacial score (nSPS) is 15.6. The molecule has 1 heterocycles. The summed E-state index contributed by atoms with van der Waals surface area (Å²) in [7, 11) is -1.93. The molecule has 0 unspecified atom stereocenters. The molecule has 150 valence electrons. The molecule has 1 fully saturated rings. The van der Waals surface area contributed by atoms with Crippen LogP contribution in [0, 0.1) is 0 Å². The minimum absolute atomic E-state index is 0.136. The molecule has 1 aliphatic rings. The van der Waals surface area contributed by atoms with Crippen molar-refractivity contribution in [3.05, 3.63) is 59.7 Å². The van der Waals surface area contributed by atoms with Gasteiger partial charge in [-0.2, -0.15) is 4.31 Å². The van der Waals surface area contributed by atoms with Crippen molar-refractivity contribution in [2.45, 2.75) is 37.2 Å². The van der Waals surface area contributed by atoms with Crippen molar-refractivity contribution in [2.75, 3.05) is 20.2 Å². The molecule has 2 aromatic carbocycles. The van der Waals surface area contributed by atoms with Crippen LogP contribution in [0.1, 0.15) is 41.6 Å². The van der Waals surface area contributed by atoms with E-state index in [0.717, 1.165) is 37.0 Å². The number of carbonyl (C=O) groups is 1. The van der Waals surface area contributed by atoms with Crippen LogP contribution in [-0.2, 0) is 21.4 Å². The average Bonchev–Trinajstić information content (AvgIpc) is 3.02. The van der Waals surface area contributed by atoms with Gasteiger partial charge in [-0.3, -0.25) is 0 Å². The highest BCUT2D eigenvalue weighted by molar-refractivity contribution is 7.89. The highest BCUT2D eigenvalue weighted by atomic mass is 32.2. The Bertz CT molecular complexity index is 883. The predicted octanol–water partition coefficient (Wildman–Crippen LogP) is 3.62. The number of methoxy groups -OCH3 is 1. The molecule has 0 spiro atoms. The molecule has 28 heavy (non-hydrogen) atoms. The summed E-state index contributed by atoms with van der Waals surface area (Å²) in [5.74, 6) is 0.242. The summed E-state index contributed by atoms with van der Waals surface area (Å²) in [5, 5.41) is 0. The average molecular weight is 404 g/mol. The van der Waals surface area contributed by atoms with Crippen molar-refractivity contribution >= 4 is 16.0 Å². The van der Waals surface area contributed by atoms with Gasteiger partial charge in [0.1, 0.15) is 12.4 Å². The van der Waals surface area contributed by atoms with Crippen LogP contribution in [0.3, 0.4) is 0 Å². The van der Waals surface area contributed by atoms with E-state index in [1.54, 1.807) is 19.2 Å². The summed E-state index contributed by atoms with van der Waals surface area (Å²) in [4.78, 5) is 12.5. The zero-order valence-corrected chi connectivity index (χ0v) is 16.8. The fourth-order valence-electron chi connectivity index (χ4n) is 3.15. The van der Waals surface area contributed by atoms with Gasteiger partial charge in [0.2, 0.25) is 10.0 Å². The number of esters is 1. The molecule has 3 rings (SSSR count). The first-order chi connectivity index (χ1) is 13.5. The zero-order chi connectivity index (χ0) is 20.0. The molecule has 7 heteroatoms. The van der Waals surface area contributed by atoms with Gasteiger partial charge in [-0.05, 0) is 54.8 Å². The van der Waals surface area contributed by atoms with Crippen LogP contribution >= 0.6 is 0 Å². The number of rotatable bonds is 6. The summed E-state index contributed by atoms with van der Waals surface area (Å²) in [6.45, 7) is 1.23. The second-order valence-corrected chi connectivity index (χ2v) is 8.70. The number of carbonyl (C=O) groups excluding carboxylic acids is 1. The maximum atomic E-state index is 12.8. The third-order valence-electron chi connectivity index (χ3n) is 4.82. The van der Waals surface area contributed by atoms with Gasteiger partial charge < -0.3 is 9.47 Å². The van der Waals surface area contributed by atoms with Gasteiger partial charge in [-0.1, -0.05) is 25.0 Å². The Morgan fingerprint density at radius 3 is 2.11 bits per heavy atom. The van der Waals surface area contributed by atoms with E-state index in [0.29, 0.717) is 18.7 Å². The fraction of sp³-hybridized carbons (Fsp3) is 0.381. The molecule has 2 aromatic rings. The van der Waals surface area contributed by atoms with Crippen LogP contribution in [0.25, 0.3) is 0 Å². The lowest BCUT2D eigenvalue weighted by Gasteiger charge is -2.20. The molecule has 0 saturated carbocycles. The number of ether oxygens (including phenoxy) is 2. The van der Waals surface area contributed by atoms with E-state index in [-0.39, 0.29) is 11.5 Å². The van der Waals surface area contributed by atoms with Gasteiger partial charge in [0.15, 0.2) is 0 Å². The van der Waals surface area contributed by atoms with Crippen LogP contribution < -0.4 is 4.74 Å². The Morgan fingerprint density at radius 2 is 1.54 bits per heavy atom. The molecule has 0 aromatic heterocycles. The number of sulfonamides is 1. The lowest BCUT2D eigenvalue weighted by molar-refractivity contribution is 0.0472. The molecule has 0 atom stereocenters. The van der Waals surface area contributed by atoms with Gasteiger partial charge in [0, 0.05) is 13.1 Å². The lowest BCUT2D eigenvalue weighted by Crippen LogP contribution is -2.31. The van der Waals surface area contributed by atoms with Crippen LogP contribution in [0.15, 0.2) is 53.4 Å². The molecular formula is C21H25NO5S. The summed E-state index contributed by atoms with van der Waals surface area (Å²) in [5.41, 5.74) is 1.16. The van der Waals surface area contributed by atoms with Crippen molar-refractivity contribution < 1.29 is 22.7 Å². The van der Waals surface area contributed by atoms with Gasteiger partial charge >= 0.3 is 5.97 Å². The van der Waals surface area contributed by atoms with Crippen LogP contribution in [-0.4, -0.2) is 38.9 Å².